The number of carbonyl (C=O) groups is 1. The number of nitrogens with zero attached hydrogens (tertiary/aromatic N) is 3. The molecule has 3 heterocycles. The van der Waals surface area contributed by atoms with Crippen molar-refractivity contribution >= 4 is 23.1 Å². The van der Waals surface area contributed by atoms with Crippen LogP contribution in [0.3, 0.4) is 0 Å². The summed E-state index contributed by atoms with van der Waals surface area (Å²) < 4.78 is 19.1. The molecule has 2 aromatic rings. The molecular weight excluding hydrogens is 435 g/mol. The Labute approximate surface area is 197 Å². The van der Waals surface area contributed by atoms with Crippen molar-refractivity contribution in [1.29, 1.82) is 0 Å². The van der Waals surface area contributed by atoms with Gasteiger partial charge in [0.25, 0.3) is 5.91 Å². The van der Waals surface area contributed by atoms with Gasteiger partial charge in [-0.1, -0.05) is 18.2 Å². The van der Waals surface area contributed by atoms with Gasteiger partial charge in [0.15, 0.2) is 6.29 Å². The second-order valence-electron chi connectivity index (χ2n) is 8.21. The van der Waals surface area contributed by atoms with E-state index in [1.54, 1.807) is 18.2 Å². The molecular formula is C25H27FN6O2. The standard InChI is InChI=1S/C25H27FN6O2/c26-20-4-1-3-19(17-20)22-5-2-6-23-29-25(30-32(22)23)28-21-9-7-18(8-10-21)24(33)27-11-12-31-13-15-34-16-14-31/h1-10,17,25,28,30H,11-16H2,(H,27,33). The predicted molar refractivity (Wildman–Crippen MR) is 129 cm³/mol. The number of nitrogens with one attached hydrogen (secondary N) is 3. The van der Waals surface area contributed by atoms with Crippen molar-refractivity contribution in [3.63, 3.8) is 0 Å². The summed E-state index contributed by atoms with van der Waals surface area (Å²) >= 11 is 0. The number of hydrazine groups is 1. The lowest BCUT2D eigenvalue weighted by molar-refractivity contribution is 0.0383. The zero-order valence-electron chi connectivity index (χ0n) is 18.7. The number of anilines is 1. The number of aliphatic imine (C=N–C) groups is 1. The Morgan fingerprint density at radius 3 is 2.79 bits per heavy atom. The van der Waals surface area contributed by atoms with Gasteiger partial charge < -0.3 is 15.4 Å². The highest BCUT2D eigenvalue weighted by Gasteiger charge is 2.28. The van der Waals surface area contributed by atoms with Crippen LogP contribution in [0.1, 0.15) is 15.9 Å². The van der Waals surface area contributed by atoms with Gasteiger partial charge in [0.2, 0.25) is 0 Å². The van der Waals surface area contributed by atoms with Gasteiger partial charge in [-0.15, -0.1) is 0 Å². The highest BCUT2D eigenvalue weighted by atomic mass is 19.1. The molecule has 3 aliphatic heterocycles. The molecule has 34 heavy (non-hydrogen) atoms. The predicted octanol–water partition coefficient (Wildman–Crippen LogP) is 2.41. The van der Waals surface area contributed by atoms with Gasteiger partial charge in [0.1, 0.15) is 11.7 Å². The summed E-state index contributed by atoms with van der Waals surface area (Å²) in [6.45, 7) is 4.73. The zero-order valence-corrected chi connectivity index (χ0v) is 18.7. The first-order chi connectivity index (χ1) is 16.7. The number of benzene rings is 2. The molecule has 3 N–H and O–H groups in total. The molecule has 1 saturated heterocycles. The maximum absolute atomic E-state index is 13.7. The molecule has 1 amide bonds. The number of hydrogen-bond donors (Lipinski definition) is 3. The van der Waals surface area contributed by atoms with E-state index in [9.17, 15) is 9.18 Å². The van der Waals surface area contributed by atoms with Gasteiger partial charge in [0.05, 0.1) is 18.9 Å². The number of hydrogen-bond acceptors (Lipinski definition) is 7. The molecule has 0 radical (unpaired) electrons. The first-order valence-corrected chi connectivity index (χ1v) is 11.4. The Morgan fingerprint density at radius 2 is 2.00 bits per heavy atom. The molecule has 0 aromatic heterocycles. The second kappa shape index (κ2) is 10.2. The quantitative estimate of drug-likeness (QED) is 0.587. The lowest BCUT2D eigenvalue weighted by Gasteiger charge is -2.26. The van der Waals surface area contributed by atoms with E-state index < -0.39 is 6.29 Å². The van der Waals surface area contributed by atoms with Crippen LogP contribution in [0.15, 0.2) is 71.8 Å². The number of allylic oxidation sites excluding steroid dienone is 2. The normalized spacial score (nSPS) is 19.9. The van der Waals surface area contributed by atoms with E-state index in [4.69, 9.17) is 4.74 Å². The Morgan fingerprint density at radius 1 is 1.18 bits per heavy atom. The van der Waals surface area contributed by atoms with Gasteiger partial charge in [0, 0.05) is 43.0 Å². The molecule has 0 spiro atoms. The van der Waals surface area contributed by atoms with E-state index in [1.165, 1.54) is 12.1 Å². The van der Waals surface area contributed by atoms with Gasteiger partial charge in [-0.2, -0.15) is 5.43 Å². The number of rotatable bonds is 7. The van der Waals surface area contributed by atoms with Crippen LogP contribution in [-0.2, 0) is 4.74 Å². The molecule has 1 atom stereocenters. The lowest BCUT2D eigenvalue weighted by atomic mass is 10.1. The Bertz CT molecular complexity index is 1120. The van der Waals surface area contributed by atoms with Crippen LogP contribution in [-0.4, -0.2) is 67.3 Å². The largest absolute Gasteiger partial charge is 0.379 e. The van der Waals surface area contributed by atoms with Crippen LogP contribution in [0.2, 0.25) is 0 Å². The van der Waals surface area contributed by atoms with Crippen molar-refractivity contribution in [3.8, 4) is 0 Å². The van der Waals surface area contributed by atoms with Gasteiger partial charge in [-0.25, -0.2) is 9.38 Å². The number of fused-ring (bicyclic) bond motifs is 1. The Kier molecular flexibility index (Phi) is 6.66. The van der Waals surface area contributed by atoms with Crippen molar-refractivity contribution < 1.29 is 13.9 Å². The molecule has 0 bridgehead atoms. The van der Waals surface area contributed by atoms with Crippen molar-refractivity contribution in [3.05, 3.63) is 83.7 Å². The van der Waals surface area contributed by atoms with E-state index in [2.05, 4.69) is 26.0 Å². The van der Waals surface area contributed by atoms with E-state index in [-0.39, 0.29) is 11.7 Å². The fourth-order valence-corrected chi connectivity index (χ4v) is 4.09. The van der Waals surface area contributed by atoms with Crippen LogP contribution in [0.4, 0.5) is 10.1 Å². The minimum absolute atomic E-state index is 0.0915. The highest BCUT2D eigenvalue weighted by Crippen LogP contribution is 2.26. The van der Waals surface area contributed by atoms with Gasteiger partial charge in [-0.3, -0.25) is 14.7 Å². The first kappa shape index (κ1) is 22.3. The van der Waals surface area contributed by atoms with Crippen LogP contribution >= 0.6 is 0 Å². The van der Waals surface area contributed by atoms with E-state index in [0.29, 0.717) is 12.1 Å². The smallest absolute Gasteiger partial charge is 0.251 e. The molecule has 8 nitrogen and oxygen atoms in total. The summed E-state index contributed by atoms with van der Waals surface area (Å²) in [5.74, 6) is 0.354. The highest BCUT2D eigenvalue weighted by molar-refractivity contribution is 6.02. The first-order valence-electron chi connectivity index (χ1n) is 11.4. The Hall–Kier alpha value is -3.53. The molecule has 0 saturated carbocycles. The van der Waals surface area contributed by atoms with E-state index in [1.807, 2.05) is 41.4 Å². The summed E-state index contributed by atoms with van der Waals surface area (Å²) in [6, 6.07) is 13.8. The topological polar surface area (TPSA) is 81.2 Å². The molecule has 1 fully saturated rings. The number of amidine groups is 1. The van der Waals surface area contributed by atoms with Crippen molar-refractivity contribution in [2.24, 2.45) is 4.99 Å². The molecule has 5 rings (SSSR count). The molecule has 3 aliphatic rings. The summed E-state index contributed by atoms with van der Waals surface area (Å²) in [7, 11) is 0. The minimum Gasteiger partial charge on any atom is -0.379 e. The maximum atomic E-state index is 13.7. The van der Waals surface area contributed by atoms with Crippen LogP contribution in [0, 0.1) is 5.82 Å². The second-order valence-corrected chi connectivity index (χ2v) is 8.21. The molecule has 0 aliphatic carbocycles. The number of halogens is 1. The summed E-state index contributed by atoms with van der Waals surface area (Å²) in [6.07, 6.45) is 5.30. The number of morpholine rings is 1. The molecule has 1 unspecified atom stereocenters. The third-order valence-electron chi connectivity index (χ3n) is 5.87. The fraction of sp³-hybridized carbons (Fsp3) is 0.280. The third-order valence-corrected chi connectivity index (χ3v) is 5.87. The van der Waals surface area contributed by atoms with Crippen LogP contribution in [0.25, 0.3) is 5.70 Å². The van der Waals surface area contributed by atoms with Crippen molar-refractivity contribution in [2.45, 2.75) is 6.29 Å². The van der Waals surface area contributed by atoms with Gasteiger partial charge >= 0.3 is 0 Å². The minimum atomic E-state index is -0.400. The summed E-state index contributed by atoms with van der Waals surface area (Å²) in [5, 5.41) is 8.12. The SMILES string of the molecule is O=C(NCCN1CCOCC1)c1ccc(NC2N=C3C=CC=C(c4cccc(F)c4)N3N2)cc1. The van der Waals surface area contributed by atoms with Crippen LogP contribution < -0.4 is 16.1 Å². The molecule has 2 aromatic carbocycles. The zero-order chi connectivity index (χ0) is 23.3. The number of carbonyl (C=O) groups excluding carboxylic acids is 1. The molecule has 176 valence electrons. The fourth-order valence-electron chi connectivity index (χ4n) is 4.09. The van der Waals surface area contributed by atoms with Crippen molar-refractivity contribution in [2.75, 3.05) is 44.7 Å². The number of amides is 1. The maximum Gasteiger partial charge on any atom is 0.251 e. The number of ether oxygens (including phenoxy) is 1. The van der Waals surface area contributed by atoms with Crippen LogP contribution in [0.5, 0.6) is 0 Å². The van der Waals surface area contributed by atoms with Gasteiger partial charge in [-0.05, 0) is 48.6 Å². The summed E-state index contributed by atoms with van der Waals surface area (Å²) in [4.78, 5) is 19.4. The summed E-state index contributed by atoms with van der Waals surface area (Å²) in [5.41, 5.74) is 6.29. The molecule has 9 heteroatoms. The average molecular weight is 463 g/mol. The van der Waals surface area contributed by atoms with E-state index in [0.717, 1.165) is 55.6 Å². The van der Waals surface area contributed by atoms with E-state index >= 15 is 0 Å². The average Bonchev–Trinajstić information content (AvgIpc) is 3.27. The third kappa shape index (κ3) is 5.17. The monoisotopic (exact) mass is 462 g/mol. The lowest BCUT2D eigenvalue weighted by Crippen LogP contribution is -2.42. The Balaban J connectivity index is 1.15. The van der Waals surface area contributed by atoms with Crippen molar-refractivity contribution in [1.82, 2.24) is 20.7 Å².